The van der Waals surface area contributed by atoms with Crippen molar-refractivity contribution < 1.29 is 0 Å². The van der Waals surface area contributed by atoms with Gasteiger partial charge in [-0.15, -0.1) is 0 Å². The molecule has 10 rings (SSSR count). The molecule has 0 heterocycles. The van der Waals surface area contributed by atoms with Crippen LogP contribution in [0, 0.1) is 0 Å². The van der Waals surface area contributed by atoms with Crippen molar-refractivity contribution in [1.82, 2.24) is 0 Å². The summed E-state index contributed by atoms with van der Waals surface area (Å²) in [4.78, 5) is 0. The lowest BCUT2D eigenvalue weighted by Gasteiger charge is -2.33. The fraction of sp³-hybridized carbons (Fsp3) is 0.0769. The van der Waals surface area contributed by atoms with Crippen LogP contribution in [-0.4, -0.2) is 0 Å². The molecular weight excluding hydrogens is 468 g/mol. The van der Waals surface area contributed by atoms with E-state index in [9.17, 15) is 0 Å². The summed E-state index contributed by atoms with van der Waals surface area (Å²) < 4.78 is 0. The van der Waals surface area contributed by atoms with E-state index in [1.54, 1.807) is 0 Å². The molecule has 0 unspecified atom stereocenters. The van der Waals surface area contributed by atoms with Crippen molar-refractivity contribution in [2.75, 3.05) is 0 Å². The molecule has 39 heavy (non-hydrogen) atoms. The summed E-state index contributed by atoms with van der Waals surface area (Å²) in [5, 5.41) is 0. The Labute approximate surface area is 228 Å². The minimum Gasteiger partial charge on any atom is -0.0619 e. The fourth-order valence-corrected chi connectivity index (χ4v) is 8.68. The van der Waals surface area contributed by atoms with Crippen LogP contribution in [0.5, 0.6) is 0 Å². The van der Waals surface area contributed by atoms with Gasteiger partial charge in [-0.1, -0.05) is 121 Å². The molecule has 0 fully saturated rings. The Bertz CT molecular complexity index is 2000. The van der Waals surface area contributed by atoms with Gasteiger partial charge in [-0.3, -0.25) is 0 Å². The van der Waals surface area contributed by atoms with Gasteiger partial charge >= 0.3 is 0 Å². The molecule has 1 spiro atoms. The average Bonchev–Trinajstić information content (AvgIpc) is 3.72. The van der Waals surface area contributed by atoms with E-state index in [-0.39, 0.29) is 5.41 Å². The molecule has 4 aliphatic carbocycles. The van der Waals surface area contributed by atoms with Gasteiger partial charge in [-0.05, 0) is 102 Å². The summed E-state index contributed by atoms with van der Waals surface area (Å²) in [6.45, 7) is 0. The predicted octanol–water partition coefficient (Wildman–Crippen LogP) is 9.17. The van der Waals surface area contributed by atoms with Gasteiger partial charge in [-0.25, -0.2) is 0 Å². The van der Waals surface area contributed by atoms with Crippen LogP contribution < -0.4 is 0 Å². The van der Waals surface area contributed by atoms with Crippen LogP contribution in [0.15, 0.2) is 121 Å². The van der Waals surface area contributed by atoms with Crippen LogP contribution in [0.3, 0.4) is 0 Å². The summed E-state index contributed by atoms with van der Waals surface area (Å²) in [6, 6.07) is 45.9. The number of benzene rings is 6. The topological polar surface area (TPSA) is 0 Å². The van der Waals surface area contributed by atoms with E-state index in [0.717, 1.165) is 12.8 Å². The second kappa shape index (κ2) is 6.84. The van der Waals surface area contributed by atoms with Crippen LogP contribution in [-0.2, 0) is 18.3 Å². The normalized spacial score (nSPS) is 15.2. The highest BCUT2D eigenvalue weighted by Crippen LogP contribution is 2.68. The first-order valence-corrected chi connectivity index (χ1v) is 14.1. The first-order valence-electron chi connectivity index (χ1n) is 14.1. The number of fused-ring (bicyclic) bond motifs is 19. The Balaban J connectivity index is 1.48. The van der Waals surface area contributed by atoms with E-state index in [1.807, 2.05) is 0 Å². The molecule has 0 saturated carbocycles. The highest BCUT2D eigenvalue weighted by molar-refractivity contribution is 6.06. The average molecular weight is 493 g/mol. The van der Waals surface area contributed by atoms with Crippen molar-refractivity contribution >= 4 is 0 Å². The van der Waals surface area contributed by atoms with Gasteiger partial charge < -0.3 is 0 Å². The van der Waals surface area contributed by atoms with Crippen LogP contribution in [0.1, 0.15) is 44.5 Å². The summed E-state index contributed by atoms with van der Waals surface area (Å²) in [7, 11) is 0. The lowest BCUT2D eigenvalue weighted by atomic mass is 9.68. The smallest absolute Gasteiger partial charge is 0.0619 e. The third-order valence-electron chi connectivity index (χ3n) is 9.94. The molecule has 6 aromatic carbocycles. The van der Waals surface area contributed by atoms with Crippen molar-refractivity contribution in [3.05, 3.63) is 166 Å². The lowest BCUT2D eigenvalue weighted by Crippen LogP contribution is -2.27. The first-order chi connectivity index (χ1) is 19.4. The Hall–Kier alpha value is -4.68. The minimum absolute atomic E-state index is 0.315. The molecule has 0 atom stereocenters. The quantitative estimate of drug-likeness (QED) is 0.198. The number of hydrogen-bond donors (Lipinski definition) is 0. The molecule has 0 aliphatic heterocycles. The highest BCUT2D eigenvalue weighted by Gasteiger charge is 2.55. The maximum atomic E-state index is 2.41. The van der Waals surface area contributed by atoms with Crippen molar-refractivity contribution in [3.8, 4) is 44.5 Å². The maximum absolute atomic E-state index is 2.41. The Morgan fingerprint density at radius 2 is 0.744 bits per heavy atom. The molecule has 180 valence electrons. The van der Waals surface area contributed by atoms with Gasteiger partial charge in [0.1, 0.15) is 0 Å². The second-order valence-electron chi connectivity index (χ2n) is 11.5. The van der Waals surface area contributed by atoms with Gasteiger partial charge in [0.2, 0.25) is 0 Å². The Kier molecular flexibility index (Phi) is 3.56. The van der Waals surface area contributed by atoms with Gasteiger partial charge in [0, 0.05) is 0 Å². The third kappa shape index (κ3) is 2.18. The molecule has 0 nitrogen and oxygen atoms in total. The number of rotatable bonds is 0. The molecule has 0 N–H and O–H groups in total. The monoisotopic (exact) mass is 492 g/mol. The molecule has 4 aliphatic rings. The maximum Gasteiger partial charge on any atom is 0.0731 e. The SMILES string of the molecule is c1ccc2c(c1)Cc1c-2c2c(c3c1-c1ccccc1C31c3ccccc3-c3ccccc31)-c1ccccc1C2. The van der Waals surface area contributed by atoms with Gasteiger partial charge in [0.25, 0.3) is 0 Å². The molecule has 0 bridgehead atoms. The van der Waals surface area contributed by atoms with Crippen LogP contribution in [0.25, 0.3) is 44.5 Å². The molecule has 0 aromatic heterocycles. The van der Waals surface area contributed by atoms with E-state index >= 15 is 0 Å². The molecule has 0 saturated heterocycles. The van der Waals surface area contributed by atoms with Crippen molar-refractivity contribution in [2.24, 2.45) is 0 Å². The first kappa shape index (κ1) is 20.3. The largest absolute Gasteiger partial charge is 0.0731 e. The summed E-state index contributed by atoms with van der Waals surface area (Å²) >= 11 is 0. The summed E-state index contributed by atoms with van der Waals surface area (Å²) in [6.07, 6.45) is 2.01. The Morgan fingerprint density at radius 1 is 0.359 bits per heavy atom. The van der Waals surface area contributed by atoms with Crippen molar-refractivity contribution in [3.63, 3.8) is 0 Å². The van der Waals surface area contributed by atoms with Crippen LogP contribution in [0.2, 0.25) is 0 Å². The zero-order valence-electron chi connectivity index (χ0n) is 21.5. The highest BCUT2D eigenvalue weighted by atomic mass is 14.6. The summed E-state index contributed by atoms with van der Waals surface area (Å²) in [5.74, 6) is 0. The van der Waals surface area contributed by atoms with Gasteiger partial charge in [0.15, 0.2) is 0 Å². The third-order valence-corrected chi connectivity index (χ3v) is 9.94. The van der Waals surface area contributed by atoms with Gasteiger partial charge in [0.05, 0.1) is 5.41 Å². The van der Waals surface area contributed by atoms with Crippen molar-refractivity contribution in [2.45, 2.75) is 18.3 Å². The van der Waals surface area contributed by atoms with Gasteiger partial charge in [-0.2, -0.15) is 0 Å². The molecule has 6 aromatic rings. The molecule has 0 amide bonds. The number of hydrogen-bond acceptors (Lipinski definition) is 0. The predicted molar refractivity (Wildman–Crippen MR) is 159 cm³/mol. The zero-order valence-corrected chi connectivity index (χ0v) is 21.5. The van der Waals surface area contributed by atoms with Crippen LogP contribution in [0.4, 0.5) is 0 Å². The molecular formula is C39H24. The second-order valence-corrected chi connectivity index (χ2v) is 11.5. The van der Waals surface area contributed by atoms with E-state index < -0.39 is 0 Å². The Morgan fingerprint density at radius 3 is 1.31 bits per heavy atom. The van der Waals surface area contributed by atoms with Crippen LogP contribution >= 0.6 is 0 Å². The van der Waals surface area contributed by atoms with E-state index in [2.05, 4.69) is 121 Å². The standard InChI is InChI=1S/C39H24/c1-3-13-25-23(11-1)21-31-35(25)30-22-24-12-2-4-14-26(24)36(30)38-37(31)29-17-7-10-20-34(29)39(38)32-18-8-5-15-27(32)28-16-6-9-19-33(28)39/h1-20H,21-22H2. The fourth-order valence-electron chi connectivity index (χ4n) is 8.68. The molecule has 0 radical (unpaired) electrons. The van der Waals surface area contributed by atoms with E-state index in [1.165, 1.54) is 89.0 Å². The van der Waals surface area contributed by atoms with E-state index in [4.69, 9.17) is 0 Å². The minimum atomic E-state index is -0.315. The summed E-state index contributed by atoms with van der Waals surface area (Å²) in [5.41, 5.74) is 23.0. The molecule has 0 heteroatoms. The lowest BCUT2D eigenvalue weighted by molar-refractivity contribution is 0.795. The van der Waals surface area contributed by atoms with E-state index in [0.29, 0.717) is 0 Å². The zero-order chi connectivity index (χ0) is 25.3. The van der Waals surface area contributed by atoms with Crippen molar-refractivity contribution in [1.29, 1.82) is 0 Å².